The predicted octanol–water partition coefficient (Wildman–Crippen LogP) is 2.96. The number of hydrogen-bond donors (Lipinski definition) is 0. The lowest BCUT2D eigenvalue weighted by molar-refractivity contribution is -0.137. The number of hydrogen-bond acceptors (Lipinski definition) is 3. The summed E-state index contributed by atoms with van der Waals surface area (Å²) < 4.78 is 4.72. The van der Waals surface area contributed by atoms with E-state index in [1.54, 1.807) is 25.1 Å². The first kappa shape index (κ1) is 12.0. The first-order valence-corrected chi connectivity index (χ1v) is 5.05. The average Bonchev–Trinajstić information content (AvgIpc) is 2.14. The van der Waals surface area contributed by atoms with Crippen LogP contribution in [0.15, 0.2) is 18.2 Å². The van der Waals surface area contributed by atoms with Gasteiger partial charge in [0.25, 0.3) is 0 Å². The van der Waals surface area contributed by atoms with Gasteiger partial charge in [-0.1, -0.05) is 23.2 Å². The van der Waals surface area contributed by atoms with Crippen molar-refractivity contribution in [3.63, 3.8) is 0 Å². The van der Waals surface area contributed by atoms with Crippen LogP contribution in [0.1, 0.15) is 12.5 Å². The number of ether oxygens (including phenoxy) is 1. The predicted molar refractivity (Wildman–Crippen MR) is 59.9 cm³/mol. The largest absolute Gasteiger partial charge is 0.463 e. The summed E-state index contributed by atoms with van der Waals surface area (Å²) in [5.41, 5.74) is 0.702. The molecule has 0 N–H and O–H groups in total. The molecule has 0 saturated heterocycles. The Kier molecular flexibility index (Phi) is 4.59. The van der Waals surface area contributed by atoms with E-state index >= 15 is 0 Å². The number of aromatic nitrogens is 1. The maximum absolute atomic E-state index is 11.0. The van der Waals surface area contributed by atoms with Gasteiger partial charge in [-0.15, -0.1) is 0 Å². The Labute approximate surface area is 97.7 Å². The van der Waals surface area contributed by atoms with E-state index in [0.29, 0.717) is 12.2 Å². The van der Waals surface area contributed by atoms with Crippen LogP contribution in [-0.4, -0.2) is 17.6 Å². The van der Waals surface area contributed by atoms with Crippen LogP contribution in [0.2, 0.25) is 10.3 Å². The van der Waals surface area contributed by atoms with Crippen molar-refractivity contribution in [1.29, 1.82) is 0 Å². The molecule has 0 bridgehead atoms. The monoisotopic (exact) mass is 245 g/mol. The van der Waals surface area contributed by atoms with Gasteiger partial charge in [0.15, 0.2) is 0 Å². The number of carbonyl (C=O) groups excluding carboxylic acids is 1. The van der Waals surface area contributed by atoms with Crippen molar-refractivity contribution in [2.75, 3.05) is 6.61 Å². The van der Waals surface area contributed by atoms with Crippen LogP contribution < -0.4 is 0 Å². The number of carbonyl (C=O) groups is 1. The molecule has 15 heavy (non-hydrogen) atoms. The van der Waals surface area contributed by atoms with Gasteiger partial charge in [-0.3, -0.25) is 0 Å². The van der Waals surface area contributed by atoms with E-state index in [-0.39, 0.29) is 10.3 Å². The van der Waals surface area contributed by atoms with Crippen LogP contribution in [0, 0.1) is 0 Å². The lowest BCUT2D eigenvalue weighted by Crippen LogP contribution is -1.98. The van der Waals surface area contributed by atoms with Crippen LogP contribution in [0.25, 0.3) is 6.08 Å². The van der Waals surface area contributed by atoms with Gasteiger partial charge in [-0.05, 0) is 30.7 Å². The van der Waals surface area contributed by atoms with Gasteiger partial charge < -0.3 is 4.74 Å². The van der Waals surface area contributed by atoms with Crippen molar-refractivity contribution in [1.82, 2.24) is 4.98 Å². The fraction of sp³-hybridized carbons (Fsp3) is 0.200. The van der Waals surface area contributed by atoms with Crippen molar-refractivity contribution in [2.24, 2.45) is 0 Å². The van der Waals surface area contributed by atoms with E-state index in [9.17, 15) is 4.79 Å². The smallest absolute Gasteiger partial charge is 0.330 e. The molecule has 1 aromatic heterocycles. The van der Waals surface area contributed by atoms with Crippen LogP contribution in [-0.2, 0) is 9.53 Å². The van der Waals surface area contributed by atoms with E-state index < -0.39 is 5.97 Å². The topological polar surface area (TPSA) is 39.2 Å². The van der Waals surface area contributed by atoms with Crippen molar-refractivity contribution >= 4 is 35.2 Å². The minimum Gasteiger partial charge on any atom is -0.463 e. The molecule has 0 saturated carbocycles. The molecular weight excluding hydrogens is 237 g/mol. The van der Waals surface area contributed by atoms with Gasteiger partial charge in [0, 0.05) is 6.08 Å². The number of esters is 1. The highest BCUT2D eigenvalue weighted by Gasteiger charge is 1.98. The third kappa shape index (κ3) is 4.32. The van der Waals surface area contributed by atoms with Gasteiger partial charge >= 0.3 is 5.97 Å². The zero-order valence-corrected chi connectivity index (χ0v) is 9.55. The summed E-state index contributed by atoms with van der Waals surface area (Å²) in [5.74, 6) is -0.401. The molecule has 1 rings (SSSR count). The quantitative estimate of drug-likeness (QED) is 0.467. The van der Waals surface area contributed by atoms with E-state index in [2.05, 4.69) is 4.98 Å². The Morgan fingerprint density at radius 2 is 2.07 bits per heavy atom. The Morgan fingerprint density at radius 3 is 2.60 bits per heavy atom. The zero-order valence-electron chi connectivity index (χ0n) is 8.04. The van der Waals surface area contributed by atoms with Gasteiger partial charge in [0.05, 0.1) is 6.61 Å². The summed E-state index contributed by atoms with van der Waals surface area (Å²) >= 11 is 11.4. The second-order valence-corrected chi connectivity index (χ2v) is 3.41. The normalized spacial score (nSPS) is 10.6. The molecule has 0 aliphatic carbocycles. The van der Waals surface area contributed by atoms with E-state index in [1.165, 1.54) is 6.08 Å². The Bertz CT molecular complexity index is 371. The van der Waals surface area contributed by atoms with Gasteiger partial charge in [0.2, 0.25) is 0 Å². The van der Waals surface area contributed by atoms with Crippen LogP contribution in [0.3, 0.4) is 0 Å². The summed E-state index contributed by atoms with van der Waals surface area (Å²) in [6, 6.07) is 3.20. The summed E-state index contributed by atoms with van der Waals surface area (Å²) in [6.07, 6.45) is 2.88. The molecule has 3 nitrogen and oxygen atoms in total. The highest BCUT2D eigenvalue weighted by Crippen LogP contribution is 2.15. The standard InChI is InChI=1S/C10H9Cl2NO2/c1-2-15-10(14)4-3-7-5-8(11)13-9(12)6-7/h3-6H,2H2,1H3. The first-order valence-electron chi connectivity index (χ1n) is 4.29. The molecule has 0 aliphatic rings. The van der Waals surface area contributed by atoms with Crippen LogP contribution >= 0.6 is 23.2 Å². The average molecular weight is 246 g/mol. The second-order valence-electron chi connectivity index (χ2n) is 2.63. The van der Waals surface area contributed by atoms with Gasteiger partial charge in [-0.25, -0.2) is 9.78 Å². The maximum Gasteiger partial charge on any atom is 0.330 e. The minimum absolute atomic E-state index is 0.283. The number of halogens is 2. The maximum atomic E-state index is 11.0. The lowest BCUT2D eigenvalue weighted by atomic mass is 10.2. The van der Waals surface area contributed by atoms with Crippen molar-refractivity contribution < 1.29 is 9.53 Å². The fourth-order valence-corrected chi connectivity index (χ4v) is 1.41. The molecule has 0 radical (unpaired) electrons. The van der Waals surface area contributed by atoms with Gasteiger partial charge in [-0.2, -0.15) is 0 Å². The molecule has 0 amide bonds. The first-order chi connectivity index (χ1) is 7.11. The fourth-order valence-electron chi connectivity index (χ4n) is 0.934. The summed E-state index contributed by atoms with van der Waals surface area (Å²) in [5, 5.41) is 0.567. The van der Waals surface area contributed by atoms with Crippen molar-refractivity contribution in [2.45, 2.75) is 6.92 Å². The highest BCUT2D eigenvalue weighted by molar-refractivity contribution is 6.32. The molecule has 80 valence electrons. The highest BCUT2D eigenvalue weighted by atomic mass is 35.5. The zero-order chi connectivity index (χ0) is 11.3. The molecule has 0 aliphatic heterocycles. The second kappa shape index (κ2) is 5.73. The number of rotatable bonds is 3. The Balaban J connectivity index is 2.76. The molecule has 1 aromatic rings. The minimum atomic E-state index is -0.401. The molecule has 0 atom stereocenters. The third-order valence-electron chi connectivity index (χ3n) is 1.48. The lowest BCUT2D eigenvalue weighted by Gasteiger charge is -1.97. The van der Waals surface area contributed by atoms with Crippen LogP contribution in [0.5, 0.6) is 0 Å². The van der Waals surface area contributed by atoms with Crippen molar-refractivity contribution in [3.8, 4) is 0 Å². The SMILES string of the molecule is CCOC(=O)C=Cc1cc(Cl)nc(Cl)c1. The molecule has 5 heteroatoms. The molecule has 0 unspecified atom stereocenters. The molecule has 1 heterocycles. The molecule has 0 aromatic carbocycles. The van der Waals surface area contributed by atoms with E-state index in [4.69, 9.17) is 27.9 Å². The summed E-state index contributed by atoms with van der Waals surface area (Å²) in [4.78, 5) is 14.8. The van der Waals surface area contributed by atoms with Crippen LogP contribution in [0.4, 0.5) is 0 Å². The molecule has 0 spiro atoms. The van der Waals surface area contributed by atoms with Crippen molar-refractivity contribution in [3.05, 3.63) is 34.1 Å². The number of pyridine rings is 1. The molecular formula is C10H9Cl2NO2. The summed E-state index contributed by atoms with van der Waals surface area (Å²) in [7, 11) is 0. The molecule has 0 fully saturated rings. The Morgan fingerprint density at radius 1 is 1.47 bits per heavy atom. The summed E-state index contributed by atoms with van der Waals surface area (Å²) in [6.45, 7) is 2.09. The third-order valence-corrected chi connectivity index (χ3v) is 1.87. The van der Waals surface area contributed by atoms with E-state index in [1.807, 2.05) is 0 Å². The Hall–Kier alpha value is -1.06. The van der Waals surface area contributed by atoms with Gasteiger partial charge in [0.1, 0.15) is 10.3 Å². The number of nitrogens with zero attached hydrogens (tertiary/aromatic N) is 1. The van der Waals surface area contributed by atoms with E-state index in [0.717, 1.165) is 0 Å².